The average molecular weight is 1070 g/mol. The van der Waals surface area contributed by atoms with Crippen LogP contribution in [-0.2, 0) is 40.4 Å². The number of hydrogen-bond acceptors (Lipinski definition) is 13. The molecule has 3 aromatic carbocycles. The molecule has 3 aromatic heterocycles. The zero-order valence-electron chi connectivity index (χ0n) is 42.8. The van der Waals surface area contributed by atoms with E-state index >= 15 is 0 Å². The van der Waals surface area contributed by atoms with Crippen LogP contribution in [-0.4, -0.2) is 86.1 Å². The lowest BCUT2D eigenvalue weighted by Crippen LogP contribution is -2.55. The van der Waals surface area contributed by atoms with Gasteiger partial charge in [-0.05, 0) is 88.3 Å². The number of aliphatic hydroxyl groups is 1. The lowest BCUT2D eigenvalue weighted by Gasteiger charge is -2.30. The van der Waals surface area contributed by atoms with E-state index < -0.39 is 30.3 Å². The zero-order valence-corrected chi connectivity index (χ0v) is 46.0. The molecule has 0 radical (unpaired) electrons. The highest BCUT2D eigenvalue weighted by Gasteiger charge is 2.31. The molecule has 6 rings (SSSR count). The third kappa shape index (κ3) is 19.6. The standard InChI is InChI=1S/C37H48N6O5S2.C17H19ClN2O2S/c1-24(2)33(42-36(46)43(5)20-29-22-49-35(40-29)25(3)4)34(45)39-28(16-26-12-8-6-9-13-26)18-32(44)31(17-27-14-10-7-11-15-27)41-37(47)48-21-30-19-38-23-50-30;1-11-14(7-8-21-11)16(23)20-13-5-6-15(18)12(9-13)10-19-22-17(2,3)4/h6-15,19,22-25,28,31-33,44H,16-18,20-21H2,1-5H3,(H,39,45)(H,41,47)(H,42,46);5-10H,1-4H3,(H,20,23)/b;19-10+/t28-,31-,32-,33-;/m0./s1. The summed E-state index contributed by atoms with van der Waals surface area (Å²) in [5.41, 5.74) is 6.43. The SMILES string of the molecule is CC(C)c1nc(CN(C)C(=O)N[C@H](C(=O)N[C@@H](Cc2ccccc2)C[C@H](O)[C@H](Cc2ccccc2)NC(=O)OCc2cncs2)C(C)C)cs1.Cc1occc1C(=S)Nc1ccc(Cl)c(/C=N/OC(C)(C)C)c1. The van der Waals surface area contributed by atoms with Crippen LogP contribution in [0.15, 0.2) is 118 Å². The van der Waals surface area contributed by atoms with Crippen molar-refractivity contribution < 1.29 is 33.5 Å². The molecule has 73 heavy (non-hydrogen) atoms. The number of thiocarbonyl (C=S) groups is 1. The predicted octanol–water partition coefficient (Wildman–Crippen LogP) is 11.1. The van der Waals surface area contributed by atoms with Crippen LogP contribution >= 0.6 is 46.5 Å². The summed E-state index contributed by atoms with van der Waals surface area (Å²) in [5, 5.41) is 31.2. The van der Waals surface area contributed by atoms with E-state index in [2.05, 4.69) is 50.2 Å². The third-order valence-corrected chi connectivity index (χ3v) is 13.6. The van der Waals surface area contributed by atoms with Crippen LogP contribution in [0.2, 0.25) is 5.02 Å². The first-order valence-electron chi connectivity index (χ1n) is 23.9. The number of hydrogen-bond donors (Lipinski definition) is 5. The van der Waals surface area contributed by atoms with E-state index in [1.165, 1.54) is 16.2 Å². The fraction of sp³-hybridized carbons (Fsp3) is 0.389. The van der Waals surface area contributed by atoms with Crippen molar-refractivity contribution in [2.24, 2.45) is 11.1 Å². The predicted molar refractivity (Wildman–Crippen MR) is 296 cm³/mol. The topological polar surface area (TPSA) is 193 Å². The number of carbonyl (C=O) groups is 3. The van der Waals surface area contributed by atoms with Gasteiger partial charge in [-0.2, -0.15) is 0 Å². The van der Waals surface area contributed by atoms with Crippen molar-refractivity contribution >= 4 is 81.4 Å². The number of aromatic nitrogens is 2. The van der Waals surface area contributed by atoms with Crippen molar-refractivity contribution in [3.63, 3.8) is 0 Å². The van der Waals surface area contributed by atoms with Gasteiger partial charge < -0.3 is 45.3 Å². The number of amides is 4. The van der Waals surface area contributed by atoms with Crippen molar-refractivity contribution in [2.45, 2.75) is 124 Å². The Morgan fingerprint density at radius 3 is 2.22 bits per heavy atom. The fourth-order valence-electron chi connectivity index (χ4n) is 7.17. The summed E-state index contributed by atoms with van der Waals surface area (Å²) in [4.78, 5) is 56.9. The maximum atomic E-state index is 13.9. The summed E-state index contributed by atoms with van der Waals surface area (Å²) in [6, 6.07) is 24.1. The van der Waals surface area contributed by atoms with Crippen molar-refractivity contribution in [1.82, 2.24) is 30.8 Å². The minimum atomic E-state index is -1.05. The maximum absolute atomic E-state index is 13.9. The number of carbonyl (C=O) groups excluding carboxylic acids is 3. The summed E-state index contributed by atoms with van der Waals surface area (Å²) < 4.78 is 10.7. The van der Waals surface area contributed by atoms with Crippen LogP contribution in [0, 0.1) is 12.8 Å². The van der Waals surface area contributed by atoms with Crippen molar-refractivity contribution in [1.29, 1.82) is 0 Å². The van der Waals surface area contributed by atoms with Gasteiger partial charge in [-0.3, -0.25) is 9.78 Å². The summed E-state index contributed by atoms with van der Waals surface area (Å²) in [7, 11) is 1.68. The zero-order chi connectivity index (χ0) is 53.1. The number of anilines is 1. The van der Waals surface area contributed by atoms with Crippen LogP contribution in [0.25, 0.3) is 0 Å². The van der Waals surface area contributed by atoms with E-state index in [4.69, 9.17) is 37.8 Å². The number of oxime groups is 1. The normalized spacial score (nSPS) is 13.1. The van der Waals surface area contributed by atoms with E-state index in [1.807, 2.05) is 126 Å². The van der Waals surface area contributed by atoms with Gasteiger partial charge in [0.05, 0.1) is 57.8 Å². The van der Waals surface area contributed by atoms with E-state index in [-0.39, 0.29) is 36.5 Å². The van der Waals surface area contributed by atoms with Gasteiger partial charge in [0.25, 0.3) is 0 Å². The van der Waals surface area contributed by atoms with Crippen molar-refractivity contribution in [2.75, 3.05) is 12.4 Å². The molecule has 0 aliphatic rings. The number of urea groups is 1. The van der Waals surface area contributed by atoms with Crippen LogP contribution in [0.1, 0.15) is 104 Å². The molecule has 0 aliphatic heterocycles. The molecule has 5 N–H and O–H groups in total. The molecule has 4 amide bonds. The number of ether oxygens (including phenoxy) is 1. The molecule has 0 bridgehead atoms. The second kappa shape index (κ2) is 28.3. The Morgan fingerprint density at radius 2 is 1.63 bits per heavy atom. The van der Waals surface area contributed by atoms with E-state index in [9.17, 15) is 19.5 Å². The lowest BCUT2D eigenvalue weighted by atomic mass is 9.93. The molecular formula is C54H67ClN8O7S3. The minimum Gasteiger partial charge on any atom is -0.469 e. The molecule has 0 fully saturated rings. The highest BCUT2D eigenvalue weighted by molar-refractivity contribution is 7.81. The van der Waals surface area contributed by atoms with E-state index in [0.717, 1.165) is 49.3 Å². The second-order valence-corrected chi connectivity index (χ2v) is 21.7. The Bertz CT molecular complexity index is 2690. The fourth-order valence-corrected chi connectivity index (χ4v) is 9.00. The molecule has 4 atom stereocenters. The molecule has 0 saturated carbocycles. The van der Waals surface area contributed by atoms with Gasteiger partial charge in [0, 0.05) is 46.9 Å². The number of alkyl carbamates (subject to hydrolysis) is 1. The number of aliphatic hydroxyl groups excluding tert-OH is 1. The second-order valence-electron chi connectivity index (χ2n) is 19.1. The summed E-state index contributed by atoms with van der Waals surface area (Å²) in [5.74, 6) is 0.498. The minimum absolute atomic E-state index is 0.0671. The van der Waals surface area contributed by atoms with Gasteiger partial charge in [0.2, 0.25) is 5.91 Å². The summed E-state index contributed by atoms with van der Waals surface area (Å²) in [6.07, 6.45) is 4.04. The monoisotopic (exact) mass is 1070 g/mol. The van der Waals surface area contributed by atoms with Gasteiger partial charge in [0.15, 0.2) is 0 Å². The Kier molecular flexibility index (Phi) is 22.4. The third-order valence-electron chi connectivity index (χ3n) is 11.0. The van der Waals surface area contributed by atoms with Gasteiger partial charge in [-0.1, -0.05) is 117 Å². The molecule has 3 heterocycles. The number of nitrogens with zero attached hydrogens (tertiary/aromatic N) is 4. The average Bonchev–Trinajstić information content (AvgIpc) is 4.15. The van der Waals surface area contributed by atoms with Crippen LogP contribution in [0.3, 0.4) is 0 Å². The Hall–Kier alpha value is -6.18. The molecule has 0 unspecified atom stereocenters. The number of rotatable bonds is 21. The first kappa shape index (κ1) is 57.7. The number of nitrogens with one attached hydrogen (secondary N) is 4. The molecule has 0 aliphatic carbocycles. The first-order valence-corrected chi connectivity index (χ1v) is 26.5. The summed E-state index contributed by atoms with van der Waals surface area (Å²) in [6.45, 7) is 15.9. The lowest BCUT2D eigenvalue weighted by molar-refractivity contribution is -0.124. The van der Waals surface area contributed by atoms with Crippen LogP contribution in [0.4, 0.5) is 15.3 Å². The van der Waals surface area contributed by atoms with Gasteiger partial charge >= 0.3 is 12.1 Å². The number of benzene rings is 3. The molecule has 0 spiro atoms. The number of aryl methyl sites for hydroxylation is 1. The van der Waals surface area contributed by atoms with Gasteiger partial charge in [-0.15, -0.1) is 22.7 Å². The van der Waals surface area contributed by atoms with E-state index in [1.54, 1.807) is 48.6 Å². The Balaban J connectivity index is 0.000000357. The quantitative estimate of drug-likeness (QED) is 0.0262. The van der Waals surface area contributed by atoms with E-state index in [0.29, 0.717) is 35.3 Å². The molecule has 6 aromatic rings. The molecular weight excluding hydrogens is 1000 g/mol. The molecule has 0 saturated heterocycles. The Labute approximate surface area is 447 Å². The highest BCUT2D eigenvalue weighted by atomic mass is 35.5. The molecule has 15 nitrogen and oxygen atoms in total. The Morgan fingerprint density at radius 1 is 0.945 bits per heavy atom. The largest absolute Gasteiger partial charge is 0.469 e. The number of halogens is 1. The smallest absolute Gasteiger partial charge is 0.407 e. The highest BCUT2D eigenvalue weighted by Crippen LogP contribution is 2.23. The van der Waals surface area contributed by atoms with Crippen molar-refractivity contribution in [3.05, 3.63) is 157 Å². The van der Waals surface area contributed by atoms with Crippen molar-refractivity contribution in [3.8, 4) is 0 Å². The van der Waals surface area contributed by atoms with Gasteiger partial charge in [-0.25, -0.2) is 14.6 Å². The maximum Gasteiger partial charge on any atom is 0.407 e. The van der Waals surface area contributed by atoms with Crippen LogP contribution in [0.5, 0.6) is 0 Å². The molecule has 390 valence electrons. The first-order chi connectivity index (χ1) is 34.7. The van der Waals surface area contributed by atoms with Crippen LogP contribution < -0.4 is 21.3 Å². The molecule has 19 heteroatoms. The summed E-state index contributed by atoms with van der Waals surface area (Å²) >= 11 is 14.5. The van der Waals surface area contributed by atoms with Gasteiger partial charge in [0.1, 0.15) is 29.0 Å². The number of furan rings is 1. The number of thiazole rings is 2.